The number of carbonyl (C=O) groups excluding carboxylic acids is 1. The fourth-order valence-electron chi connectivity index (χ4n) is 1.91. The number of nitrogens with zero attached hydrogens (tertiary/aromatic N) is 1. The summed E-state index contributed by atoms with van der Waals surface area (Å²) in [4.78, 5) is 25.0. The van der Waals surface area contributed by atoms with E-state index in [1.165, 1.54) is 0 Å². The zero-order valence-electron chi connectivity index (χ0n) is 14.1. The fraction of sp³-hybridized carbons (Fsp3) is 0.867. The van der Waals surface area contributed by atoms with Crippen LogP contribution in [0.3, 0.4) is 0 Å². The molecule has 0 radical (unpaired) electrons. The molecule has 1 atom stereocenters. The summed E-state index contributed by atoms with van der Waals surface area (Å²) in [5.41, 5.74) is -0.321. The Labute approximate surface area is 127 Å². The van der Waals surface area contributed by atoms with E-state index in [-0.39, 0.29) is 17.9 Å². The normalized spacial score (nSPS) is 13.1. The minimum Gasteiger partial charge on any atom is -0.481 e. The topological polar surface area (TPSA) is 78.9 Å². The first-order valence-corrected chi connectivity index (χ1v) is 7.34. The van der Waals surface area contributed by atoms with E-state index >= 15 is 0 Å². The van der Waals surface area contributed by atoms with Gasteiger partial charge in [0.25, 0.3) is 0 Å². The molecule has 0 aliphatic rings. The second kappa shape index (κ2) is 8.87. The number of carbonyl (C=O) groups is 2. The van der Waals surface area contributed by atoms with E-state index in [2.05, 4.69) is 5.32 Å². The maximum absolute atomic E-state index is 12.4. The maximum Gasteiger partial charge on any atom is 0.317 e. The molecule has 0 heterocycles. The zero-order valence-corrected chi connectivity index (χ0v) is 14.1. The molecule has 0 aromatic rings. The van der Waals surface area contributed by atoms with Crippen LogP contribution in [0.5, 0.6) is 0 Å². The number of hydrogen-bond donors (Lipinski definition) is 2. The number of amides is 2. The number of carboxylic acid groups (broad SMARTS) is 1. The van der Waals surface area contributed by atoms with Gasteiger partial charge in [-0.15, -0.1) is 0 Å². The van der Waals surface area contributed by atoms with Crippen LogP contribution in [-0.2, 0) is 9.53 Å². The molecular formula is C15H30N2O4. The molecule has 21 heavy (non-hydrogen) atoms. The quantitative estimate of drug-likeness (QED) is 0.720. The highest BCUT2D eigenvalue weighted by Gasteiger charge is 2.30. The van der Waals surface area contributed by atoms with Crippen molar-refractivity contribution in [1.29, 1.82) is 0 Å². The van der Waals surface area contributed by atoms with Gasteiger partial charge in [0.05, 0.1) is 13.0 Å². The third-order valence-electron chi connectivity index (χ3n) is 3.16. The maximum atomic E-state index is 12.4. The Morgan fingerprint density at radius 3 is 2.24 bits per heavy atom. The molecule has 0 aliphatic carbocycles. The van der Waals surface area contributed by atoms with Crippen molar-refractivity contribution in [2.45, 2.75) is 47.1 Å². The summed E-state index contributed by atoms with van der Waals surface area (Å²) in [5, 5.41) is 11.9. The Morgan fingerprint density at radius 1 is 1.29 bits per heavy atom. The Balaban J connectivity index is 4.84. The number of ether oxygens (including phenoxy) is 1. The lowest BCUT2D eigenvalue weighted by atomic mass is 9.85. The number of nitrogens with one attached hydrogen (secondary N) is 1. The number of methoxy groups -OCH3 is 1. The van der Waals surface area contributed by atoms with Crippen LogP contribution in [0.25, 0.3) is 0 Å². The number of rotatable bonds is 8. The molecule has 124 valence electrons. The average Bonchev–Trinajstić information content (AvgIpc) is 2.31. The van der Waals surface area contributed by atoms with Gasteiger partial charge in [-0.3, -0.25) is 4.79 Å². The van der Waals surface area contributed by atoms with Crippen LogP contribution in [0.4, 0.5) is 4.79 Å². The van der Waals surface area contributed by atoms with E-state index in [1.54, 1.807) is 12.0 Å². The highest BCUT2D eigenvalue weighted by Crippen LogP contribution is 2.22. The van der Waals surface area contributed by atoms with E-state index in [0.717, 1.165) is 0 Å². The minimum atomic E-state index is -0.914. The molecule has 0 aliphatic heterocycles. The SMILES string of the molecule is COCCN(CC(C)C)C(=O)NC(CC(=O)O)C(C)(C)C. The summed E-state index contributed by atoms with van der Waals surface area (Å²) < 4.78 is 5.03. The Kier molecular flexibility index (Phi) is 8.32. The van der Waals surface area contributed by atoms with Crippen molar-refractivity contribution < 1.29 is 19.4 Å². The largest absolute Gasteiger partial charge is 0.481 e. The molecule has 0 saturated heterocycles. The first-order chi connectivity index (χ1) is 9.57. The van der Waals surface area contributed by atoms with Crippen molar-refractivity contribution in [3.63, 3.8) is 0 Å². The summed E-state index contributed by atoms with van der Waals surface area (Å²) in [5.74, 6) is -0.581. The third-order valence-corrected chi connectivity index (χ3v) is 3.16. The smallest absolute Gasteiger partial charge is 0.317 e. The molecule has 6 nitrogen and oxygen atoms in total. The first kappa shape index (κ1) is 19.7. The molecule has 0 saturated carbocycles. The Bertz CT molecular complexity index is 337. The second-order valence-electron chi connectivity index (χ2n) is 6.80. The van der Waals surface area contributed by atoms with Gasteiger partial charge in [-0.05, 0) is 11.3 Å². The van der Waals surface area contributed by atoms with Crippen LogP contribution >= 0.6 is 0 Å². The van der Waals surface area contributed by atoms with Crippen molar-refractivity contribution in [2.75, 3.05) is 26.8 Å². The fourth-order valence-corrected chi connectivity index (χ4v) is 1.91. The van der Waals surface area contributed by atoms with Gasteiger partial charge in [-0.2, -0.15) is 0 Å². The molecule has 0 spiro atoms. The lowest BCUT2D eigenvalue weighted by molar-refractivity contribution is -0.138. The second-order valence-corrected chi connectivity index (χ2v) is 6.80. The molecular weight excluding hydrogens is 272 g/mol. The summed E-state index contributed by atoms with van der Waals surface area (Å²) in [6.07, 6.45) is -0.0883. The molecule has 1 unspecified atom stereocenters. The minimum absolute atomic E-state index is 0.0883. The highest BCUT2D eigenvalue weighted by atomic mass is 16.5. The van der Waals surface area contributed by atoms with Crippen molar-refractivity contribution >= 4 is 12.0 Å². The van der Waals surface area contributed by atoms with Crippen LogP contribution in [0.1, 0.15) is 41.0 Å². The van der Waals surface area contributed by atoms with Crippen molar-refractivity contribution in [2.24, 2.45) is 11.3 Å². The van der Waals surface area contributed by atoms with Gasteiger partial charge in [0.15, 0.2) is 0 Å². The van der Waals surface area contributed by atoms with Crippen LogP contribution in [0, 0.1) is 11.3 Å². The monoisotopic (exact) mass is 302 g/mol. The van der Waals surface area contributed by atoms with Gasteiger partial charge in [0.1, 0.15) is 0 Å². The van der Waals surface area contributed by atoms with E-state index in [0.29, 0.717) is 25.6 Å². The highest BCUT2D eigenvalue weighted by molar-refractivity contribution is 5.76. The van der Waals surface area contributed by atoms with Crippen molar-refractivity contribution in [3.05, 3.63) is 0 Å². The molecule has 0 rings (SSSR count). The van der Waals surface area contributed by atoms with Gasteiger partial charge < -0.3 is 20.1 Å². The van der Waals surface area contributed by atoms with E-state index in [1.807, 2.05) is 34.6 Å². The standard InChI is InChI=1S/C15H30N2O4/c1-11(2)10-17(7-8-21-6)14(20)16-12(9-13(18)19)15(3,4)5/h11-12H,7-10H2,1-6H3,(H,16,20)(H,18,19). The van der Waals surface area contributed by atoms with Gasteiger partial charge in [-0.25, -0.2) is 4.79 Å². The Hall–Kier alpha value is -1.30. The van der Waals surface area contributed by atoms with E-state index in [4.69, 9.17) is 9.84 Å². The van der Waals surface area contributed by atoms with E-state index < -0.39 is 12.0 Å². The molecule has 6 heteroatoms. The zero-order chi connectivity index (χ0) is 16.6. The number of urea groups is 1. The number of aliphatic carboxylic acids is 1. The third kappa shape index (κ3) is 8.55. The predicted octanol–water partition coefficient (Wildman–Crippen LogP) is 2.19. The molecule has 0 fully saturated rings. The summed E-state index contributed by atoms with van der Waals surface area (Å²) in [6.45, 7) is 11.4. The molecule has 0 bridgehead atoms. The van der Waals surface area contributed by atoms with Crippen LogP contribution < -0.4 is 5.32 Å². The van der Waals surface area contributed by atoms with Crippen LogP contribution in [0.15, 0.2) is 0 Å². The van der Waals surface area contributed by atoms with Gasteiger partial charge >= 0.3 is 12.0 Å². The summed E-state index contributed by atoms with van der Waals surface area (Å²) in [6, 6.07) is -0.651. The lowest BCUT2D eigenvalue weighted by Crippen LogP contribution is -2.51. The van der Waals surface area contributed by atoms with Crippen molar-refractivity contribution in [1.82, 2.24) is 10.2 Å². The van der Waals surface area contributed by atoms with Gasteiger partial charge in [0, 0.05) is 26.2 Å². The van der Waals surface area contributed by atoms with Gasteiger partial charge in [0.2, 0.25) is 0 Å². The molecule has 0 aromatic heterocycles. The van der Waals surface area contributed by atoms with Crippen LogP contribution in [0.2, 0.25) is 0 Å². The number of hydrogen-bond acceptors (Lipinski definition) is 3. The molecule has 2 N–H and O–H groups in total. The van der Waals surface area contributed by atoms with Gasteiger partial charge in [-0.1, -0.05) is 34.6 Å². The average molecular weight is 302 g/mol. The summed E-state index contributed by atoms with van der Waals surface area (Å²) >= 11 is 0. The number of carboxylic acids is 1. The van der Waals surface area contributed by atoms with Crippen LogP contribution in [-0.4, -0.2) is 54.9 Å². The first-order valence-electron chi connectivity index (χ1n) is 7.34. The summed E-state index contributed by atoms with van der Waals surface area (Å²) in [7, 11) is 1.59. The molecule has 0 aromatic carbocycles. The van der Waals surface area contributed by atoms with Crippen molar-refractivity contribution in [3.8, 4) is 0 Å². The predicted molar refractivity (Wildman–Crippen MR) is 82.3 cm³/mol. The molecule has 2 amide bonds. The van der Waals surface area contributed by atoms with E-state index in [9.17, 15) is 9.59 Å². The lowest BCUT2D eigenvalue weighted by Gasteiger charge is -2.33. The Morgan fingerprint density at radius 2 is 1.86 bits per heavy atom.